The molecular weight excluding hydrogens is 530 g/mol. The lowest BCUT2D eigenvalue weighted by molar-refractivity contribution is 0.292. The first kappa shape index (κ1) is 26.1. The predicted molar refractivity (Wildman–Crippen MR) is 152 cm³/mol. The molecule has 4 aromatic rings. The molecule has 4 aliphatic rings. The number of phenols is 1. The van der Waals surface area contributed by atoms with Gasteiger partial charge in [-0.15, -0.1) is 0 Å². The summed E-state index contributed by atoms with van der Waals surface area (Å²) in [5.74, 6) is 0.786. The number of aromatic nitrogens is 2. The minimum Gasteiger partial charge on any atom is -0.508 e. The van der Waals surface area contributed by atoms with Gasteiger partial charge in [-0.25, -0.2) is 13.6 Å². The first-order valence-electron chi connectivity index (χ1n) is 14.3. The van der Waals surface area contributed by atoms with Crippen LogP contribution in [0.4, 0.5) is 14.6 Å². The monoisotopic (exact) mass is 562 g/mol. The van der Waals surface area contributed by atoms with Crippen molar-refractivity contribution in [2.45, 2.75) is 57.3 Å². The van der Waals surface area contributed by atoms with Crippen molar-refractivity contribution >= 4 is 27.5 Å². The van der Waals surface area contributed by atoms with Gasteiger partial charge in [-0.05, 0) is 75.1 Å². The van der Waals surface area contributed by atoms with Crippen molar-refractivity contribution in [1.82, 2.24) is 14.9 Å². The van der Waals surface area contributed by atoms with Crippen LogP contribution in [0.15, 0.2) is 39.5 Å². The Morgan fingerprint density at radius 3 is 2.71 bits per heavy atom. The molecule has 10 heteroatoms. The van der Waals surface area contributed by atoms with Crippen LogP contribution < -0.4 is 15.3 Å². The van der Waals surface area contributed by atoms with E-state index in [9.17, 15) is 18.7 Å². The van der Waals surface area contributed by atoms with E-state index in [0.29, 0.717) is 52.2 Å². The molecule has 0 amide bonds. The fourth-order valence-corrected chi connectivity index (χ4v) is 7.00. The van der Waals surface area contributed by atoms with E-state index in [1.54, 1.807) is 19.1 Å². The maximum Gasteiger partial charge on any atom is 0.349 e. The van der Waals surface area contributed by atoms with Crippen LogP contribution in [0.25, 0.3) is 33.0 Å². The van der Waals surface area contributed by atoms with Crippen molar-refractivity contribution in [2.24, 2.45) is 5.92 Å². The Morgan fingerprint density at radius 1 is 1.12 bits per heavy atom. The second kappa shape index (κ2) is 9.94. The summed E-state index contributed by atoms with van der Waals surface area (Å²) >= 11 is 0. The van der Waals surface area contributed by atoms with E-state index < -0.39 is 17.6 Å². The molecule has 4 unspecified atom stereocenters. The minimum atomic E-state index is -0.602. The Morgan fingerprint density at radius 2 is 1.98 bits per heavy atom. The third-order valence-electron chi connectivity index (χ3n) is 9.06. The number of anilines is 1. The van der Waals surface area contributed by atoms with Crippen LogP contribution in [0.1, 0.15) is 37.7 Å². The van der Waals surface area contributed by atoms with E-state index >= 15 is 0 Å². The first-order chi connectivity index (χ1) is 19.8. The largest absolute Gasteiger partial charge is 0.508 e. The number of fused-ring (bicyclic) bond motifs is 4. The van der Waals surface area contributed by atoms with Crippen LogP contribution in [0, 0.1) is 18.7 Å². The summed E-state index contributed by atoms with van der Waals surface area (Å²) in [6.07, 6.45) is 4.97. The quantitative estimate of drug-likeness (QED) is 0.357. The fraction of sp³-hybridized carbons (Fsp3) is 0.452. The molecule has 4 fully saturated rings. The van der Waals surface area contributed by atoms with E-state index in [-0.39, 0.29) is 28.5 Å². The van der Waals surface area contributed by atoms with Crippen LogP contribution in [0.5, 0.6) is 11.8 Å². The van der Waals surface area contributed by atoms with Gasteiger partial charge in [0.25, 0.3) is 0 Å². The standard InChI is InChI=1S/C24H20FN3O4.C7H12FN/c1-11-20-19(22(27-24(26-20)31-2)28-7-6-12-9-17(12)28)23(30)32-21(11)15-10-14(29)8-13-4-3-5-16(25)18(13)15;8-6-4-7-2-1-3-9(7)5-6/h3-5,8,10,12,17,29H,6-7,9H2,1-2H3;6-7H,1-5H2. The number of ether oxygens (including phenoxy) is 1. The Kier molecular flexibility index (Phi) is 6.33. The van der Waals surface area contributed by atoms with Crippen LogP contribution in [-0.2, 0) is 0 Å². The molecule has 0 spiro atoms. The lowest BCUT2D eigenvalue weighted by atomic mass is 9.98. The number of hydrogen-bond acceptors (Lipinski definition) is 8. The Labute approximate surface area is 235 Å². The van der Waals surface area contributed by atoms with E-state index in [2.05, 4.69) is 19.8 Å². The van der Waals surface area contributed by atoms with E-state index in [4.69, 9.17) is 9.15 Å². The maximum atomic E-state index is 14.8. The molecule has 4 atom stereocenters. The number of piperidine rings is 1. The van der Waals surface area contributed by atoms with Crippen LogP contribution in [0.2, 0.25) is 0 Å². The van der Waals surface area contributed by atoms with Gasteiger partial charge in [0.05, 0.1) is 12.6 Å². The van der Waals surface area contributed by atoms with Gasteiger partial charge in [-0.1, -0.05) is 12.1 Å². The third-order valence-corrected chi connectivity index (χ3v) is 9.06. The average molecular weight is 563 g/mol. The van der Waals surface area contributed by atoms with E-state index in [1.165, 1.54) is 38.2 Å². The number of rotatable bonds is 3. The molecule has 1 aliphatic carbocycles. The van der Waals surface area contributed by atoms with Crippen LogP contribution in [-0.4, -0.2) is 65.0 Å². The summed E-state index contributed by atoms with van der Waals surface area (Å²) in [5, 5.41) is 11.3. The smallest absolute Gasteiger partial charge is 0.349 e. The number of hydrogen-bond donors (Lipinski definition) is 1. The molecule has 3 aliphatic heterocycles. The molecule has 41 heavy (non-hydrogen) atoms. The highest BCUT2D eigenvalue weighted by Crippen LogP contribution is 2.47. The number of halogens is 2. The van der Waals surface area contributed by atoms with Crippen molar-refractivity contribution in [3.63, 3.8) is 0 Å². The molecule has 8 nitrogen and oxygen atoms in total. The molecule has 8 rings (SSSR count). The molecule has 0 radical (unpaired) electrons. The summed E-state index contributed by atoms with van der Waals surface area (Å²) in [4.78, 5) is 26.6. The zero-order valence-electron chi connectivity index (χ0n) is 23.1. The molecule has 1 saturated carbocycles. The lowest BCUT2D eigenvalue weighted by Crippen LogP contribution is -2.25. The van der Waals surface area contributed by atoms with Crippen molar-refractivity contribution in [1.29, 1.82) is 0 Å². The van der Waals surface area contributed by atoms with Crippen LogP contribution >= 0.6 is 0 Å². The summed E-state index contributed by atoms with van der Waals surface area (Å²) in [6, 6.07) is 8.61. The fourth-order valence-electron chi connectivity index (χ4n) is 7.00. The summed E-state index contributed by atoms with van der Waals surface area (Å²) < 4.78 is 38.5. The van der Waals surface area contributed by atoms with Gasteiger partial charge < -0.3 is 19.2 Å². The van der Waals surface area contributed by atoms with Gasteiger partial charge in [-0.3, -0.25) is 4.90 Å². The second-order valence-corrected chi connectivity index (χ2v) is 11.6. The van der Waals surface area contributed by atoms with Gasteiger partial charge in [0, 0.05) is 41.7 Å². The van der Waals surface area contributed by atoms with E-state index in [0.717, 1.165) is 32.4 Å². The third kappa shape index (κ3) is 4.48. The van der Waals surface area contributed by atoms with Crippen LogP contribution in [0.3, 0.4) is 0 Å². The van der Waals surface area contributed by atoms with Crippen molar-refractivity contribution in [3.8, 4) is 23.1 Å². The zero-order chi connectivity index (χ0) is 28.4. The second-order valence-electron chi connectivity index (χ2n) is 11.6. The molecule has 2 aromatic carbocycles. The number of methoxy groups -OCH3 is 1. The van der Waals surface area contributed by atoms with Gasteiger partial charge in [-0.2, -0.15) is 9.97 Å². The molecule has 3 saturated heterocycles. The topological polar surface area (TPSA) is 91.9 Å². The number of benzene rings is 2. The maximum absolute atomic E-state index is 14.8. The SMILES string of the molecule is COc1nc(N2CCC3CC32)c2c(=O)oc(-c3cc(O)cc4cccc(F)c34)c(C)c2n1.FC1CC2CCCN2C1. The summed E-state index contributed by atoms with van der Waals surface area (Å²) in [6.45, 7) is 4.43. The van der Waals surface area contributed by atoms with Gasteiger partial charge in [0.15, 0.2) is 5.82 Å². The predicted octanol–water partition coefficient (Wildman–Crippen LogP) is 5.36. The average Bonchev–Trinajstić information content (AvgIpc) is 3.21. The Bertz CT molecular complexity index is 1710. The highest BCUT2D eigenvalue weighted by atomic mass is 19.1. The number of alkyl halides is 1. The number of aromatic hydroxyl groups is 1. The normalized spacial score (nSPS) is 24.8. The van der Waals surface area contributed by atoms with Gasteiger partial charge in [0.2, 0.25) is 0 Å². The van der Waals surface area contributed by atoms with Crippen molar-refractivity contribution < 1.29 is 23.0 Å². The highest BCUT2D eigenvalue weighted by molar-refractivity contribution is 6.00. The minimum absolute atomic E-state index is 0.0574. The molecule has 5 heterocycles. The van der Waals surface area contributed by atoms with Crippen molar-refractivity contribution in [2.75, 3.05) is 31.6 Å². The van der Waals surface area contributed by atoms with Gasteiger partial charge >= 0.3 is 11.6 Å². The molecule has 0 bridgehead atoms. The molecule has 2 aromatic heterocycles. The Balaban J connectivity index is 0.000000260. The number of phenolic OH excluding ortho intramolecular Hbond substituents is 1. The molecular formula is C31H32F2N4O4. The zero-order valence-corrected chi connectivity index (χ0v) is 23.1. The number of nitrogens with zero attached hydrogens (tertiary/aromatic N) is 4. The molecule has 214 valence electrons. The molecule has 1 N–H and O–H groups in total. The van der Waals surface area contributed by atoms with Gasteiger partial charge in [0.1, 0.15) is 28.9 Å². The van der Waals surface area contributed by atoms with Crippen molar-refractivity contribution in [3.05, 3.63) is 52.1 Å². The Hall–Kier alpha value is -3.79. The first-order valence-corrected chi connectivity index (χ1v) is 14.3. The summed E-state index contributed by atoms with van der Waals surface area (Å²) in [5.41, 5.74) is 0.630. The lowest BCUT2D eigenvalue weighted by Gasteiger charge is -2.21. The number of aryl methyl sites for hydroxylation is 1. The van der Waals surface area contributed by atoms with E-state index in [1.807, 2.05) is 0 Å². The highest BCUT2D eigenvalue weighted by Gasteiger charge is 2.48. The summed E-state index contributed by atoms with van der Waals surface area (Å²) in [7, 11) is 1.48.